The molecule has 1 aromatic heterocycles. The second-order valence-corrected chi connectivity index (χ2v) is 12.8. The first kappa shape index (κ1) is 35.2. The highest BCUT2D eigenvalue weighted by Crippen LogP contribution is 2.26. The number of carbonyl (C=O) groups excluding carboxylic acids is 2. The summed E-state index contributed by atoms with van der Waals surface area (Å²) in [5.41, 5.74) is 8.55. The molecule has 2 amide bonds. The van der Waals surface area contributed by atoms with E-state index in [1.807, 2.05) is 17.9 Å². The van der Waals surface area contributed by atoms with Crippen LogP contribution < -0.4 is 20.9 Å². The van der Waals surface area contributed by atoms with Crippen LogP contribution in [-0.4, -0.2) is 98.0 Å². The van der Waals surface area contributed by atoms with E-state index in [-0.39, 0.29) is 51.1 Å². The van der Waals surface area contributed by atoms with Crippen LogP contribution in [0.2, 0.25) is 0 Å². The van der Waals surface area contributed by atoms with Crippen molar-refractivity contribution in [3.8, 4) is 0 Å². The Kier molecular flexibility index (Phi) is 13.2. The Bertz CT molecular complexity index is 1250. The Morgan fingerprint density at radius 1 is 1.00 bits per heavy atom. The summed E-state index contributed by atoms with van der Waals surface area (Å²) in [6.45, 7) is 12.3. The second-order valence-electron chi connectivity index (χ2n) is 12.8. The summed E-state index contributed by atoms with van der Waals surface area (Å²) in [6.07, 6.45) is 3.99. The zero-order valence-corrected chi connectivity index (χ0v) is 27.8. The maximum absolute atomic E-state index is 13.7. The Labute approximate surface area is 272 Å². The molecule has 3 heterocycles. The van der Waals surface area contributed by atoms with Crippen molar-refractivity contribution in [3.63, 3.8) is 0 Å². The van der Waals surface area contributed by atoms with Gasteiger partial charge in [0, 0.05) is 62.8 Å². The maximum atomic E-state index is 13.7. The minimum Gasteiger partial charge on any atom is -0.444 e. The molecule has 0 saturated carbocycles. The molecule has 2 aromatic rings. The lowest BCUT2D eigenvalue weighted by atomic mass is 10.0. The van der Waals surface area contributed by atoms with Gasteiger partial charge in [-0.2, -0.15) is 4.98 Å². The lowest BCUT2D eigenvalue weighted by molar-refractivity contribution is -0.143. The zero-order valence-electron chi connectivity index (χ0n) is 27.8. The van der Waals surface area contributed by atoms with E-state index in [1.54, 1.807) is 20.8 Å². The summed E-state index contributed by atoms with van der Waals surface area (Å²) in [5, 5.41) is 2.62. The maximum Gasteiger partial charge on any atom is 0.407 e. The monoisotopic (exact) mass is 641 g/mol. The SMILES string of the molecule is Cc1cc(N2CCC[C@@H](N(Cc3cccc(N4CCCC4)c3)C(=O)CCOCOCOCCNC(=O)OC(C)(C)C)C2)nc(N)n1. The first-order chi connectivity index (χ1) is 22.1. The van der Waals surface area contributed by atoms with Gasteiger partial charge in [0.2, 0.25) is 11.9 Å². The molecule has 0 bridgehead atoms. The third kappa shape index (κ3) is 11.6. The highest BCUT2D eigenvalue weighted by atomic mass is 16.7. The van der Waals surface area contributed by atoms with Gasteiger partial charge in [0.15, 0.2) is 0 Å². The number of nitrogen functional groups attached to an aromatic ring is 1. The van der Waals surface area contributed by atoms with Gasteiger partial charge in [0.05, 0.1) is 19.6 Å². The average Bonchev–Trinajstić information content (AvgIpc) is 3.55. The van der Waals surface area contributed by atoms with Gasteiger partial charge < -0.3 is 44.7 Å². The van der Waals surface area contributed by atoms with Crippen LogP contribution in [0.4, 0.5) is 22.2 Å². The van der Waals surface area contributed by atoms with Crippen LogP contribution in [-0.2, 0) is 30.3 Å². The molecule has 254 valence electrons. The van der Waals surface area contributed by atoms with Gasteiger partial charge in [-0.1, -0.05) is 12.1 Å². The number of rotatable bonds is 15. The second kappa shape index (κ2) is 17.3. The van der Waals surface area contributed by atoms with Crippen LogP contribution in [0.15, 0.2) is 30.3 Å². The number of nitrogens with zero attached hydrogens (tertiary/aromatic N) is 5. The van der Waals surface area contributed by atoms with E-state index in [2.05, 4.69) is 49.4 Å². The van der Waals surface area contributed by atoms with Crippen LogP contribution in [0, 0.1) is 6.92 Å². The van der Waals surface area contributed by atoms with Crippen molar-refractivity contribution < 1.29 is 28.5 Å². The summed E-state index contributed by atoms with van der Waals surface area (Å²) in [4.78, 5) is 40.7. The molecule has 1 aromatic carbocycles. The predicted octanol–water partition coefficient (Wildman–Crippen LogP) is 3.84. The van der Waals surface area contributed by atoms with Crippen molar-refractivity contribution in [1.29, 1.82) is 0 Å². The molecule has 4 rings (SSSR count). The number of benzene rings is 1. The van der Waals surface area contributed by atoms with Gasteiger partial charge in [-0.05, 0) is 71.1 Å². The lowest BCUT2D eigenvalue weighted by Crippen LogP contribution is -2.50. The van der Waals surface area contributed by atoms with Crippen molar-refractivity contribution in [3.05, 3.63) is 41.6 Å². The first-order valence-corrected chi connectivity index (χ1v) is 16.3. The van der Waals surface area contributed by atoms with Crippen molar-refractivity contribution >= 4 is 29.5 Å². The molecule has 3 N–H and O–H groups in total. The number of alkyl carbamates (subject to hydrolysis) is 1. The Hall–Kier alpha value is -3.68. The Morgan fingerprint density at radius 3 is 2.48 bits per heavy atom. The predicted molar refractivity (Wildman–Crippen MR) is 176 cm³/mol. The van der Waals surface area contributed by atoms with Crippen LogP contribution >= 0.6 is 0 Å². The van der Waals surface area contributed by atoms with Crippen molar-refractivity contribution in [2.24, 2.45) is 0 Å². The van der Waals surface area contributed by atoms with Crippen molar-refractivity contribution in [2.45, 2.75) is 78.0 Å². The van der Waals surface area contributed by atoms with E-state index in [0.29, 0.717) is 19.6 Å². The Balaban J connectivity index is 1.28. The molecule has 2 fully saturated rings. The molecule has 0 radical (unpaired) electrons. The molecule has 0 spiro atoms. The van der Waals surface area contributed by atoms with Crippen LogP contribution in [0.25, 0.3) is 0 Å². The van der Waals surface area contributed by atoms with Gasteiger partial charge in [-0.25, -0.2) is 9.78 Å². The number of carbonyl (C=O) groups is 2. The number of aryl methyl sites for hydroxylation is 1. The molecule has 46 heavy (non-hydrogen) atoms. The van der Waals surface area contributed by atoms with E-state index < -0.39 is 11.7 Å². The fraction of sp³-hybridized carbons (Fsp3) is 0.636. The number of ether oxygens (including phenoxy) is 4. The largest absolute Gasteiger partial charge is 0.444 e. The summed E-state index contributed by atoms with van der Waals surface area (Å²) in [5.74, 6) is 1.08. The van der Waals surface area contributed by atoms with Gasteiger partial charge >= 0.3 is 6.09 Å². The number of hydrogen-bond acceptors (Lipinski definition) is 11. The molecule has 13 heteroatoms. The smallest absolute Gasteiger partial charge is 0.407 e. The van der Waals surface area contributed by atoms with Gasteiger partial charge in [-0.3, -0.25) is 4.79 Å². The van der Waals surface area contributed by atoms with Gasteiger partial charge in [0.25, 0.3) is 0 Å². The average molecular weight is 642 g/mol. The summed E-state index contributed by atoms with van der Waals surface area (Å²) < 4.78 is 21.5. The number of nitrogens with one attached hydrogen (secondary N) is 1. The number of amides is 2. The molecular weight excluding hydrogens is 590 g/mol. The first-order valence-electron chi connectivity index (χ1n) is 16.3. The normalized spacial score (nSPS) is 16.8. The number of piperidine rings is 1. The van der Waals surface area contributed by atoms with E-state index in [9.17, 15) is 9.59 Å². The molecule has 1 atom stereocenters. The van der Waals surface area contributed by atoms with Gasteiger partial charge in [-0.15, -0.1) is 0 Å². The number of nitrogens with two attached hydrogens (primary N) is 1. The van der Waals surface area contributed by atoms with E-state index >= 15 is 0 Å². The summed E-state index contributed by atoms with van der Waals surface area (Å²) >= 11 is 0. The molecule has 0 aliphatic carbocycles. The molecule has 2 aliphatic heterocycles. The van der Waals surface area contributed by atoms with Gasteiger partial charge in [0.1, 0.15) is 25.0 Å². The standard InChI is InChI=1S/C33H51N7O6/c1-25-19-29(37-31(34)36-25)39-16-8-11-28(22-39)40(21-26-9-7-10-27(20-26)38-14-5-6-15-38)30(41)12-17-43-23-45-24-44-18-13-35-32(42)46-33(2,3)4/h7,9-10,19-20,28H,5-6,8,11-18,21-24H2,1-4H3,(H,35,42)(H2,34,36,37)/t28-/m1/s1. The Morgan fingerprint density at radius 2 is 1.74 bits per heavy atom. The van der Waals surface area contributed by atoms with Crippen LogP contribution in [0.1, 0.15) is 64.1 Å². The highest BCUT2D eigenvalue weighted by Gasteiger charge is 2.30. The minimum absolute atomic E-state index is 0.00363. The topological polar surface area (TPSA) is 145 Å². The zero-order chi connectivity index (χ0) is 32.9. The fourth-order valence-electron chi connectivity index (χ4n) is 5.71. The van der Waals surface area contributed by atoms with Crippen LogP contribution in [0.3, 0.4) is 0 Å². The fourth-order valence-corrected chi connectivity index (χ4v) is 5.71. The quantitative estimate of drug-likeness (QED) is 0.216. The van der Waals surface area contributed by atoms with E-state index in [1.165, 1.54) is 18.5 Å². The summed E-state index contributed by atoms with van der Waals surface area (Å²) in [7, 11) is 0. The van der Waals surface area contributed by atoms with E-state index in [0.717, 1.165) is 49.6 Å². The van der Waals surface area contributed by atoms with Crippen LogP contribution in [0.5, 0.6) is 0 Å². The highest BCUT2D eigenvalue weighted by molar-refractivity contribution is 5.77. The number of hydrogen-bond donors (Lipinski definition) is 2. The molecular formula is C33H51N7O6. The molecule has 2 saturated heterocycles. The molecule has 2 aliphatic rings. The van der Waals surface area contributed by atoms with E-state index in [4.69, 9.17) is 24.7 Å². The third-order valence-electron chi connectivity index (χ3n) is 7.78. The number of anilines is 3. The molecule has 0 unspecified atom stereocenters. The van der Waals surface area contributed by atoms with Crippen molar-refractivity contribution in [1.82, 2.24) is 20.2 Å². The third-order valence-corrected chi connectivity index (χ3v) is 7.78. The summed E-state index contributed by atoms with van der Waals surface area (Å²) in [6, 6.07) is 10.5. The lowest BCUT2D eigenvalue weighted by Gasteiger charge is -2.40. The number of aromatic nitrogens is 2. The van der Waals surface area contributed by atoms with Crippen molar-refractivity contribution in [2.75, 3.05) is 75.1 Å². The molecule has 13 nitrogen and oxygen atoms in total. The minimum atomic E-state index is -0.551.